The molecule has 1 saturated carbocycles. The molecule has 23 heavy (non-hydrogen) atoms. The zero-order chi connectivity index (χ0) is 16.2. The van der Waals surface area contributed by atoms with E-state index in [0.29, 0.717) is 11.4 Å². The van der Waals surface area contributed by atoms with Gasteiger partial charge in [-0.1, -0.05) is 0 Å². The van der Waals surface area contributed by atoms with Gasteiger partial charge in [0.2, 0.25) is 5.91 Å². The van der Waals surface area contributed by atoms with Crippen LogP contribution >= 0.6 is 0 Å². The van der Waals surface area contributed by atoms with Gasteiger partial charge in [0.15, 0.2) is 0 Å². The predicted octanol–water partition coefficient (Wildman–Crippen LogP) is 2.96. The van der Waals surface area contributed by atoms with Crippen LogP contribution in [0.4, 0.5) is 17.2 Å². The number of hydrogen-bond acceptors (Lipinski definition) is 5. The zero-order valence-electron chi connectivity index (χ0n) is 12.7. The molecule has 1 aliphatic carbocycles. The van der Waals surface area contributed by atoms with Crippen molar-refractivity contribution in [3.8, 4) is 0 Å². The average Bonchev–Trinajstić information content (AvgIpc) is 3.42. The van der Waals surface area contributed by atoms with Gasteiger partial charge >= 0.3 is 5.97 Å². The number of hydrogen-bond donors (Lipinski definition) is 2. The maximum absolute atomic E-state index is 11.7. The van der Waals surface area contributed by atoms with Crippen LogP contribution in [-0.2, 0) is 9.53 Å². The van der Waals surface area contributed by atoms with Gasteiger partial charge in [-0.2, -0.15) is 0 Å². The van der Waals surface area contributed by atoms with Crippen LogP contribution in [0.25, 0.3) is 0 Å². The molecule has 1 aliphatic rings. The van der Waals surface area contributed by atoms with Crippen molar-refractivity contribution in [1.82, 2.24) is 4.98 Å². The third-order valence-corrected chi connectivity index (χ3v) is 3.56. The molecule has 0 aliphatic heterocycles. The Morgan fingerprint density at radius 3 is 2.35 bits per heavy atom. The lowest BCUT2D eigenvalue weighted by Gasteiger charge is -2.08. The third kappa shape index (κ3) is 3.85. The number of methoxy groups -OCH3 is 1. The van der Waals surface area contributed by atoms with Crippen molar-refractivity contribution >= 4 is 29.1 Å². The second kappa shape index (κ2) is 6.48. The van der Waals surface area contributed by atoms with E-state index < -0.39 is 0 Å². The van der Waals surface area contributed by atoms with Crippen LogP contribution in [0.15, 0.2) is 42.6 Å². The Hall–Kier alpha value is -2.89. The van der Waals surface area contributed by atoms with Crippen LogP contribution in [0.5, 0.6) is 0 Å². The number of nitrogens with one attached hydrogen (secondary N) is 2. The smallest absolute Gasteiger partial charge is 0.337 e. The van der Waals surface area contributed by atoms with Gasteiger partial charge in [-0.25, -0.2) is 9.78 Å². The first-order valence-electron chi connectivity index (χ1n) is 7.38. The molecule has 3 rings (SSSR count). The fraction of sp³-hybridized carbons (Fsp3) is 0.235. The largest absolute Gasteiger partial charge is 0.465 e. The van der Waals surface area contributed by atoms with Crippen LogP contribution in [0.3, 0.4) is 0 Å². The van der Waals surface area contributed by atoms with Crippen molar-refractivity contribution in [3.63, 3.8) is 0 Å². The molecule has 0 saturated heterocycles. The number of pyridine rings is 1. The van der Waals surface area contributed by atoms with Crippen LogP contribution in [0.2, 0.25) is 0 Å². The van der Waals surface area contributed by atoms with E-state index in [0.717, 1.165) is 24.2 Å². The number of ether oxygens (including phenoxy) is 1. The number of esters is 1. The summed E-state index contributed by atoms with van der Waals surface area (Å²) in [6.07, 6.45) is 3.58. The van der Waals surface area contributed by atoms with Crippen LogP contribution < -0.4 is 10.6 Å². The molecule has 6 nitrogen and oxygen atoms in total. The van der Waals surface area contributed by atoms with Crippen molar-refractivity contribution in [2.24, 2.45) is 5.92 Å². The topological polar surface area (TPSA) is 80.3 Å². The molecule has 1 amide bonds. The van der Waals surface area contributed by atoms with E-state index in [1.54, 1.807) is 36.5 Å². The molecule has 1 fully saturated rings. The number of nitrogens with zero attached hydrogens (tertiary/aromatic N) is 1. The number of rotatable bonds is 5. The number of carbonyl (C=O) groups is 2. The molecule has 1 heterocycles. The quantitative estimate of drug-likeness (QED) is 0.830. The molecular weight excluding hydrogens is 294 g/mol. The van der Waals surface area contributed by atoms with Gasteiger partial charge in [0.25, 0.3) is 0 Å². The van der Waals surface area contributed by atoms with E-state index in [1.165, 1.54) is 7.11 Å². The van der Waals surface area contributed by atoms with E-state index in [1.807, 2.05) is 6.07 Å². The summed E-state index contributed by atoms with van der Waals surface area (Å²) in [5, 5.41) is 5.97. The van der Waals surface area contributed by atoms with E-state index >= 15 is 0 Å². The standard InChI is InChI=1S/C17H17N3O3/c1-23-17(22)12-4-6-13(7-5-12)19-14-8-9-15(18-10-14)20-16(21)11-2-3-11/h4-11,19H,2-3H2,1H3,(H,18,20,21). The second-order valence-electron chi connectivity index (χ2n) is 5.39. The Kier molecular flexibility index (Phi) is 4.23. The Labute approximate surface area is 133 Å². The van der Waals surface area contributed by atoms with E-state index in [2.05, 4.69) is 20.4 Å². The van der Waals surface area contributed by atoms with E-state index in [4.69, 9.17) is 0 Å². The average molecular weight is 311 g/mol. The summed E-state index contributed by atoms with van der Waals surface area (Å²) >= 11 is 0. The van der Waals surface area contributed by atoms with Crippen molar-refractivity contribution in [2.45, 2.75) is 12.8 Å². The summed E-state index contributed by atoms with van der Waals surface area (Å²) < 4.78 is 4.66. The molecule has 2 N–H and O–H groups in total. The highest BCUT2D eigenvalue weighted by Crippen LogP contribution is 2.30. The van der Waals surface area contributed by atoms with Gasteiger partial charge in [0.05, 0.1) is 24.6 Å². The summed E-state index contributed by atoms with van der Waals surface area (Å²) in [4.78, 5) is 27.2. The predicted molar refractivity (Wildman–Crippen MR) is 86.7 cm³/mol. The van der Waals surface area contributed by atoms with Crippen LogP contribution in [0, 0.1) is 5.92 Å². The van der Waals surface area contributed by atoms with Gasteiger partial charge in [-0.15, -0.1) is 0 Å². The first kappa shape index (κ1) is 15.0. The highest BCUT2D eigenvalue weighted by Gasteiger charge is 2.29. The first-order valence-corrected chi connectivity index (χ1v) is 7.38. The summed E-state index contributed by atoms with van der Waals surface area (Å²) in [5.41, 5.74) is 2.11. The van der Waals surface area contributed by atoms with Crippen molar-refractivity contribution in [2.75, 3.05) is 17.7 Å². The molecule has 0 spiro atoms. The maximum Gasteiger partial charge on any atom is 0.337 e. The fourth-order valence-electron chi connectivity index (χ4n) is 2.09. The summed E-state index contributed by atoms with van der Waals surface area (Å²) in [6.45, 7) is 0. The molecule has 0 atom stereocenters. The number of aromatic nitrogens is 1. The fourth-order valence-corrected chi connectivity index (χ4v) is 2.09. The van der Waals surface area contributed by atoms with Crippen molar-refractivity contribution in [1.29, 1.82) is 0 Å². The zero-order valence-corrected chi connectivity index (χ0v) is 12.7. The molecule has 1 aromatic carbocycles. The van der Waals surface area contributed by atoms with Gasteiger partial charge in [-0.3, -0.25) is 4.79 Å². The molecule has 1 aromatic heterocycles. The Balaban J connectivity index is 1.61. The number of anilines is 3. The lowest BCUT2D eigenvalue weighted by Crippen LogP contribution is -2.14. The lowest BCUT2D eigenvalue weighted by molar-refractivity contribution is -0.117. The Morgan fingerprint density at radius 2 is 1.78 bits per heavy atom. The molecule has 0 bridgehead atoms. The van der Waals surface area contributed by atoms with Crippen LogP contribution in [0.1, 0.15) is 23.2 Å². The van der Waals surface area contributed by atoms with Gasteiger partial charge in [-0.05, 0) is 49.2 Å². The van der Waals surface area contributed by atoms with Gasteiger partial charge < -0.3 is 15.4 Å². The molecule has 0 radical (unpaired) electrons. The maximum atomic E-state index is 11.7. The summed E-state index contributed by atoms with van der Waals surface area (Å²) in [7, 11) is 1.35. The molecule has 0 unspecified atom stereocenters. The van der Waals surface area contributed by atoms with Crippen molar-refractivity contribution < 1.29 is 14.3 Å². The lowest BCUT2D eigenvalue weighted by atomic mass is 10.2. The highest BCUT2D eigenvalue weighted by atomic mass is 16.5. The minimum absolute atomic E-state index is 0.0385. The highest BCUT2D eigenvalue weighted by molar-refractivity contribution is 5.93. The second-order valence-corrected chi connectivity index (χ2v) is 5.39. The minimum atomic E-state index is -0.367. The number of benzene rings is 1. The van der Waals surface area contributed by atoms with Crippen molar-refractivity contribution in [3.05, 3.63) is 48.2 Å². The van der Waals surface area contributed by atoms with Gasteiger partial charge in [0.1, 0.15) is 5.82 Å². The normalized spacial score (nSPS) is 13.3. The third-order valence-electron chi connectivity index (χ3n) is 3.56. The van der Waals surface area contributed by atoms with Gasteiger partial charge in [0, 0.05) is 11.6 Å². The summed E-state index contributed by atoms with van der Waals surface area (Å²) in [5.74, 6) is 0.377. The molecule has 6 heteroatoms. The Bertz CT molecular complexity index is 707. The number of amides is 1. The molecule has 118 valence electrons. The minimum Gasteiger partial charge on any atom is -0.465 e. The first-order chi connectivity index (χ1) is 11.2. The Morgan fingerprint density at radius 1 is 1.09 bits per heavy atom. The summed E-state index contributed by atoms with van der Waals surface area (Å²) in [6, 6.07) is 10.5. The SMILES string of the molecule is COC(=O)c1ccc(Nc2ccc(NC(=O)C3CC3)nc2)cc1. The molecular formula is C17H17N3O3. The number of carbonyl (C=O) groups excluding carboxylic acids is 2. The monoisotopic (exact) mass is 311 g/mol. The van der Waals surface area contributed by atoms with Crippen LogP contribution in [-0.4, -0.2) is 24.0 Å². The molecule has 2 aromatic rings. The van der Waals surface area contributed by atoms with E-state index in [9.17, 15) is 9.59 Å². The van der Waals surface area contributed by atoms with E-state index in [-0.39, 0.29) is 17.8 Å².